The third-order valence-electron chi connectivity index (χ3n) is 4.51. The van der Waals surface area contributed by atoms with Crippen LogP contribution in [0.15, 0.2) is 36.4 Å². The van der Waals surface area contributed by atoms with Crippen molar-refractivity contribution in [2.45, 2.75) is 18.9 Å². The Morgan fingerprint density at radius 1 is 1.19 bits per heavy atom. The summed E-state index contributed by atoms with van der Waals surface area (Å²) in [6, 6.07) is 12.9. The Kier molecular flexibility index (Phi) is 5.55. The lowest BCUT2D eigenvalue weighted by molar-refractivity contribution is 0.0697. The van der Waals surface area contributed by atoms with E-state index in [0.717, 1.165) is 31.6 Å². The average molecular weight is 390 g/mol. The highest BCUT2D eigenvalue weighted by Gasteiger charge is 2.22. The van der Waals surface area contributed by atoms with Gasteiger partial charge in [-0.25, -0.2) is 4.79 Å². The largest absolute Gasteiger partial charge is 0.478 e. The molecule has 0 spiro atoms. The van der Waals surface area contributed by atoms with Gasteiger partial charge in [0.2, 0.25) is 0 Å². The number of nitrogens with zero attached hydrogens (tertiary/aromatic N) is 2. The molecule has 0 unspecified atom stereocenters. The predicted octanol–water partition coefficient (Wildman–Crippen LogP) is 4.64. The molecule has 7 heteroatoms. The molecule has 134 valence electrons. The number of nitriles is 1. The molecule has 2 aromatic rings. The second-order valence-corrected chi connectivity index (χ2v) is 6.97. The van der Waals surface area contributed by atoms with Crippen molar-refractivity contribution in [3.8, 4) is 6.07 Å². The first kappa shape index (κ1) is 18.4. The van der Waals surface area contributed by atoms with Crippen LogP contribution in [0, 0.1) is 11.3 Å². The zero-order valence-corrected chi connectivity index (χ0v) is 15.4. The fraction of sp³-hybridized carbons (Fsp3) is 0.263. The minimum absolute atomic E-state index is 0.0268. The summed E-state index contributed by atoms with van der Waals surface area (Å²) in [5.41, 5.74) is 2.22. The Hall–Kier alpha value is -2.42. The molecule has 0 aliphatic carbocycles. The Balaban J connectivity index is 1.69. The molecule has 1 saturated heterocycles. The summed E-state index contributed by atoms with van der Waals surface area (Å²) in [4.78, 5) is 13.4. The summed E-state index contributed by atoms with van der Waals surface area (Å²) < 4.78 is 0. The van der Waals surface area contributed by atoms with E-state index in [-0.39, 0.29) is 16.6 Å². The molecule has 0 radical (unpaired) electrons. The minimum atomic E-state index is -1.09. The van der Waals surface area contributed by atoms with Crippen molar-refractivity contribution in [2.24, 2.45) is 0 Å². The van der Waals surface area contributed by atoms with Crippen molar-refractivity contribution >= 4 is 40.5 Å². The van der Waals surface area contributed by atoms with Gasteiger partial charge in [0.1, 0.15) is 6.07 Å². The van der Waals surface area contributed by atoms with Crippen molar-refractivity contribution in [1.82, 2.24) is 0 Å². The highest BCUT2D eigenvalue weighted by Crippen LogP contribution is 2.31. The van der Waals surface area contributed by atoms with Crippen molar-refractivity contribution in [3.05, 3.63) is 57.6 Å². The lowest BCUT2D eigenvalue weighted by atomic mass is 10.0. The number of nitrogens with one attached hydrogen (secondary N) is 1. The monoisotopic (exact) mass is 389 g/mol. The quantitative estimate of drug-likeness (QED) is 0.795. The van der Waals surface area contributed by atoms with Crippen LogP contribution in [0.25, 0.3) is 0 Å². The fourth-order valence-corrected chi connectivity index (χ4v) is 3.67. The number of carboxylic acid groups (broad SMARTS) is 1. The van der Waals surface area contributed by atoms with E-state index in [4.69, 9.17) is 23.2 Å². The number of carbonyl (C=O) groups is 1. The number of hydrogen-bond donors (Lipinski definition) is 2. The maximum Gasteiger partial charge on any atom is 0.337 e. The van der Waals surface area contributed by atoms with Crippen molar-refractivity contribution in [1.29, 1.82) is 5.26 Å². The number of hydrogen-bond acceptors (Lipinski definition) is 4. The van der Waals surface area contributed by atoms with Crippen LogP contribution in [0.2, 0.25) is 10.0 Å². The van der Waals surface area contributed by atoms with Gasteiger partial charge in [-0.3, -0.25) is 0 Å². The molecular weight excluding hydrogens is 373 g/mol. The fourth-order valence-electron chi connectivity index (χ4n) is 3.15. The molecule has 1 fully saturated rings. The Labute approximate surface area is 161 Å². The molecule has 0 amide bonds. The van der Waals surface area contributed by atoms with Crippen LogP contribution in [-0.2, 0) is 0 Å². The first-order valence-electron chi connectivity index (χ1n) is 8.22. The molecular formula is C19H17Cl2N3O2. The minimum Gasteiger partial charge on any atom is -0.478 e. The third kappa shape index (κ3) is 3.87. The number of carboxylic acids is 1. The van der Waals surface area contributed by atoms with Gasteiger partial charge in [-0.2, -0.15) is 5.26 Å². The number of piperidine rings is 1. The van der Waals surface area contributed by atoms with Crippen LogP contribution >= 0.6 is 23.2 Å². The Morgan fingerprint density at radius 3 is 2.54 bits per heavy atom. The third-order valence-corrected chi connectivity index (χ3v) is 5.13. The molecule has 2 aromatic carbocycles. The topological polar surface area (TPSA) is 76.4 Å². The first-order chi connectivity index (χ1) is 12.5. The Morgan fingerprint density at radius 2 is 1.88 bits per heavy atom. The highest BCUT2D eigenvalue weighted by atomic mass is 35.5. The average Bonchev–Trinajstić information content (AvgIpc) is 2.64. The lowest BCUT2D eigenvalue weighted by Crippen LogP contribution is -2.39. The second-order valence-electron chi connectivity index (χ2n) is 6.15. The van der Waals surface area contributed by atoms with Gasteiger partial charge in [0.05, 0.1) is 32.5 Å². The summed E-state index contributed by atoms with van der Waals surface area (Å²) in [6.45, 7) is 1.60. The number of halogens is 2. The van der Waals surface area contributed by atoms with Gasteiger partial charge in [0.25, 0.3) is 0 Å². The van der Waals surface area contributed by atoms with Crippen molar-refractivity contribution < 1.29 is 9.90 Å². The number of aromatic carboxylic acids is 1. The van der Waals surface area contributed by atoms with Gasteiger partial charge in [-0.15, -0.1) is 0 Å². The van der Waals surface area contributed by atoms with Gasteiger partial charge in [0, 0.05) is 19.1 Å². The maximum atomic E-state index is 11.2. The van der Waals surface area contributed by atoms with E-state index in [1.54, 1.807) is 0 Å². The van der Waals surface area contributed by atoms with Gasteiger partial charge in [0.15, 0.2) is 0 Å². The molecule has 5 nitrogen and oxygen atoms in total. The molecule has 0 saturated carbocycles. The number of para-hydroxylation sites is 1. The molecule has 0 atom stereocenters. The normalized spacial score (nSPS) is 14.7. The van der Waals surface area contributed by atoms with E-state index < -0.39 is 5.97 Å². The van der Waals surface area contributed by atoms with E-state index in [0.29, 0.717) is 16.3 Å². The van der Waals surface area contributed by atoms with Crippen LogP contribution in [0.1, 0.15) is 28.8 Å². The summed E-state index contributed by atoms with van der Waals surface area (Å²) in [7, 11) is 0. The molecule has 3 rings (SSSR count). The van der Waals surface area contributed by atoms with Crippen molar-refractivity contribution in [3.63, 3.8) is 0 Å². The molecule has 0 aromatic heterocycles. The highest BCUT2D eigenvalue weighted by molar-refractivity contribution is 6.38. The summed E-state index contributed by atoms with van der Waals surface area (Å²) >= 11 is 12.1. The molecule has 1 aliphatic rings. The number of benzene rings is 2. The molecule has 0 bridgehead atoms. The smallest absolute Gasteiger partial charge is 0.337 e. The molecule has 1 heterocycles. The summed E-state index contributed by atoms with van der Waals surface area (Å²) in [5.74, 6) is -1.09. The molecule has 2 N–H and O–H groups in total. The molecule has 1 aliphatic heterocycles. The van der Waals surface area contributed by atoms with Gasteiger partial charge in [-0.1, -0.05) is 35.3 Å². The summed E-state index contributed by atoms with van der Waals surface area (Å²) in [5, 5.41) is 22.3. The second kappa shape index (κ2) is 7.86. The van der Waals surface area contributed by atoms with Crippen LogP contribution in [0.4, 0.5) is 11.4 Å². The van der Waals surface area contributed by atoms with Crippen LogP contribution in [0.3, 0.4) is 0 Å². The summed E-state index contributed by atoms with van der Waals surface area (Å²) in [6.07, 6.45) is 1.70. The van der Waals surface area contributed by atoms with Crippen LogP contribution < -0.4 is 10.2 Å². The van der Waals surface area contributed by atoms with Crippen LogP contribution in [0.5, 0.6) is 0 Å². The van der Waals surface area contributed by atoms with Gasteiger partial charge < -0.3 is 15.3 Å². The number of anilines is 2. The Bertz CT molecular complexity index is 872. The van der Waals surface area contributed by atoms with E-state index in [9.17, 15) is 15.2 Å². The standard InChI is InChI=1S/C19H17Cl2N3O2/c20-15-10-16(21)17(9-14(15)19(25)26)23-13-5-7-24(8-6-13)18-4-2-1-3-12(18)11-22/h1-4,9-10,13,23H,5-8H2,(H,25,26). The molecule has 26 heavy (non-hydrogen) atoms. The number of rotatable bonds is 4. The van der Waals surface area contributed by atoms with Gasteiger partial charge >= 0.3 is 5.97 Å². The maximum absolute atomic E-state index is 11.2. The predicted molar refractivity (Wildman–Crippen MR) is 103 cm³/mol. The van der Waals surface area contributed by atoms with E-state index in [2.05, 4.69) is 16.3 Å². The van der Waals surface area contributed by atoms with E-state index in [1.807, 2.05) is 24.3 Å². The van der Waals surface area contributed by atoms with Crippen LogP contribution in [-0.4, -0.2) is 30.2 Å². The lowest BCUT2D eigenvalue weighted by Gasteiger charge is -2.35. The SMILES string of the molecule is N#Cc1ccccc1N1CCC(Nc2cc(C(=O)O)c(Cl)cc2Cl)CC1. The zero-order chi connectivity index (χ0) is 18.7. The van der Waals surface area contributed by atoms with Gasteiger partial charge in [-0.05, 0) is 37.1 Å². The first-order valence-corrected chi connectivity index (χ1v) is 8.98. The van der Waals surface area contributed by atoms with Crippen molar-refractivity contribution in [2.75, 3.05) is 23.3 Å². The van der Waals surface area contributed by atoms with E-state index in [1.165, 1.54) is 12.1 Å². The zero-order valence-electron chi connectivity index (χ0n) is 13.9. The van der Waals surface area contributed by atoms with E-state index >= 15 is 0 Å².